The molecule has 4 rings (SSSR count). The molecule has 2 aromatic rings. The molecule has 3 heterocycles. The molecule has 154 valence electrons. The van der Waals surface area contributed by atoms with Crippen LogP contribution in [0, 0.1) is 6.92 Å². The first-order valence-electron chi connectivity index (χ1n) is 10.2. The number of ether oxygens (including phenoxy) is 1. The van der Waals surface area contributed by atoms with E-state index in [4.69, 9.17) is 4.74 Å². The molecule has 1 atom stereocenters. The van der Waals surface area contributed by atoms with E-state index < -0.39 is 0 Å². The number of amides is 2. The van der Waals surface area contributed by atoms with E-state index in [1.165, 1.54) is 5.56 Å². The van der Waals surface area contributed by atoms with Crippen LogP contribution < -0.4 is 5.32 Å². The van der Waals surface area contributed by atoms with Crippen LogP contribution in [-0.2, 0) is 27.3 Å². The lowest BCUT2D eigenvalue weighted by Crippen LogP contribution is -2.29. The zero-order valence-electron chi connectivity index (χ0n) is 16.8. The van der Waals surface area contributed by atoms with E-state index in [1.807, 2.05) is 25.1 Å². The molecule has 1 fully saturated rings. The molecule has 8 nitrogen and oxygen atoms in total. The monoisotopic (exact) mass is 397 g/mol. The van der Waals surface area contributed by atoms with Gasteiger partial charge in [0.15, 0.2) is 0 Å². The molecule has 0 unspecified atom stereocenters. The molecule has 0 spiro atoms. The maximum atomic E-state index is 12.2. The molecule has 1 N–H and O–H groups in total. The molecule has 2 aliphatic rings. The van der Waals surface area contributed by atoms with Gasteiger partial charge in [-0.05, 0) is 37.5 Å². The van der Waals surface area contributed by atoms with Gasteiger partial charge in [-0.25, -0.2) is 0 Å². The number of fused-ring (bicyclic) bond motifs is 1. The highest BCUT2D eigenvalue weighted by atomic mass is 16.5. The van der Waals surface area contributed by atoms with Crippen molar-refractivity contribution >= 4 is 17.5 Å². The Bertz CT molecular complexity index is 894. The first-order chi connectivity index (χ1) is 14.1. The van der Waals surface area contributed by atoms with Crippen molar-refractivity contribution in [1.82, 2.24) is 19.7 Å². The predicted octanol–water partition coefficient (Wildman–Crippen LogP) is 1.89. The molecular formula is C21H27N5O3. The van der Waals surface area contributed by atoms with Gasteiger partial charge < -0.3 is 19.5 Å². The lowest BCUT2D eigenvalue weighted by atomic mass is 9.91. The van der Waals surface area contributed by atoms with Crippen LogP contribution in [0.2, 0.25) is 0 Å². The second-order valence-electron chi connectivity index (χ2n) is 7.72. The van der Waals surface area contributed by atoms with Crippen molar-refractivity contribution in [2.75, 3.05) is 31.6 Å². The van der Waals surface area contributed by atoms with Gasteiger partial charge in [-0.1, -0.05) is 12.1 Å². The van der Waals surface area contributed by atoms with E-state index in [1.54, 1.807) is 4.90 Å². The Morgan fingerprint density at radius 3 is 3.03 bits per heavy atom. The molecule has 29 heavy (non-hydrogen) atoms. The minimum Gasteiger partial charge on any atom is -0.370 e. The maximum absolute atomic E-state index is 12.2. The van der Waals surface area contributed by atoms with E-state index in [0.29, 0.717) is 25.5 Å². The van der Waals surface area contributed by atoms with Gasteiger partial charge in [-0.2, -0.15) is 0 Å². The molecule has 2 amide bonds. The van der Waals surface area contributed by atoms with E-state index >= 15 is 0 Å². The zero-order valence-corrected chi connectivity index (χ0v) is 16.8. The number of benzene rings is 1. The Kier molecular flexibility index (Phi) is 5.89. The maximum Gasteiger partial charge on any atom is 0.250 e. The van der Waals surface area contributed by atoms with Crippen LogP contribution in [0.1, 0.15) is 42.4 Å². The highest BCUT2D eigenvalue weighted by molar-refractivity contribution is 5.91. The summed E-state index contributed by atoms with van der Waals surface area (Å²) in [6.07, 6.45) is 3.47. The number of nitrogens with zero attached hydrogens (tertiary/aromatic N) is 4. The fourth-order valence-electron chi connectivity index (χ4n) is 4.08. The van der Waals surface area contributed by atoms with Crippen LogP contribution in [0.3, 0.4) is 0 Å². The minimum absolute atomic E-state index is 0.0149. The van der Waals surface area contributed by atoms with Gasteiger partial charge in [0, 0.05) is 44.1 Å². The number of nitrogens with one attached hydrogen (secondary N) is 1. The Labute approximate surface area is 170 Å². The second kappa shape index (κ2) is 8.73. The Hall–Kier alpha value is -2.74. The minimum atomic E-state index is -0.185. The highest BCUT2D eigenvalue weighted by Crippen LogP contribution is 2.30. The number of hydrogen-bond acceptors (Lipinski definition) is 5. The first-order valence-corrected chi connectivity index (χ1v) is 10.2. The first kappa shape index (κ1) is 19.6. The lowest BCUT2D eigenvalue weighted by Gasteiger charge is -2.24. The fourth-order valence-corrected chi connectivity index (χ4v) is 4.08. The van der Waals surface area contributed by atoms with Gasteiger partial charge in [0.1, 0.15) is 18.3 Å². The quantitative estimate of drug-likeness (QED) is 0.721. The van der Waals surface area contributed by atoms with Gasteiger partial charge in [0.25, 0.3) is 0 Å². The number of aromatic nitrogens is 3. The summed E-state index contributed by atoms with van der Waals surface area (Å²) in [5.74, 6) is 2.36. The van der Waals surface area contributed by atoms with Crippen molar-refractivity contribution in [3.8, 4) is 0 Å². The van der Waals surface area contributed by atoms with Crippen molar-refractivity contribution in [3.63, 3.8) is 0 Å². The zero-order chi connectivity index (χ0) is 20.2. The number of hydrogen-bond donors (Lipinski definition) is 1. The summed E-state index contributed by atoms with van der Waals surface area (Å²) >= 11 is 0. The van der Waals surface area contributed by atoms with Crippen LogP contribution in [0.5, 0.6) is 0 Å². The van der Waals surface area contributed by atoms with Gasteiger partial charge in [0.2, 0.25) is 11.8 Å². The number of carbonyl (C=O) groups excluding carboxylic acids is 2. The van der Waals surface area contributed by atoms with Crippen molar-refractivity contribution in [1.29, 1.82) is 0 Å². The van der Waals surface area contributed by atoms with Crippen LogP contribution in [0.4, 0.5) is 5.69 Å². The predicted molar refractivity (Wildman–Crippen MR) is 108 cm³/mol. The second-order valence-corrected chi connectivity index (χ2v) is 7.72. The number of rotatable bonds is 7. The Morgan fingerprint density at radius 1 is 1.31 bits per heavy atom. The summed E-state index contributed by atoms with van der Waals surface area (Å²) in [7, 11) is 0. The van der Waals surface area contributed by atoms with Crippen LogP contribution in [0.25, 0.3) is 0 Å². The van der Waals surface area contributed by atoms with Crippen LogP contribution >= 0.6 is 0 Å². The SMILES string of the molecule is Cc1nnc2n1C[C@@H](c1cccc(NC(=O)COCCN3CCCC3=O)c1)CC2. The lowest BCUT2D eigenvalue weighted by molar-refractivity contribution is -0.128. The van der Waals surface area contributed by atoms with Crippen molar-refractivity contribution in [2.24, 2.45) is 0 Å². The number of carbonyl (C=O) groups is 2. The molecule has 0 saturated carbocycles. The smallest absolute Gasteiger partial charge is 0.250 e. The molecule has 8 heteroatoms. The number of likely N-dealkylation sites (tertiary alicyclic amines) is 1. The summed E-state index contributed by atoms with van der Waals surface area (Å²) in [4.78, 5) is 25.5. The third-order valence-electron chi connectivity index (χ3n) is 5.68. The van der Waals surface area contributed by atoms with E-state index in [0.717, 1.165) is 49.7 Å². The van der Waals surface area contributed by atoms with Gasteiger partial charge >= 0.3 is 0 Å². The summed E-state index contributed by atoms with van der Waals surface area (Å²) in [6.45, 7) is 4.55. The van der Waals surface area contributed by atoms with E-state index in [9.17, 15) is 9.59 Å². The van der Waals surface area contributed by atoms with Crippen molar-refractivity contribution in [3.05, 3.63) is 41.5 Å². The molecule has 2 aliphatic heterocycles. The summed E-state index contributed by atoms with van der Waals surface area (Å²) in [5.41, 5.74) is 1.98. The average Bonchev–Trinajstić information content (AvgIpc) is 3.30. The molecule has 1 aromatic heterocycles. The van der Waals surface area contributed by atoms with Crippen LogP contribution in [0.15, 0.2) is 24.3 Å². The normalized spacial score (nSPS) is 18.7. The largest absolute Gasteiger partial charge is 0.370 e. The Balaban J connectivity index is 1.27. The third-order valence-corrected chi connectivity index (χ3v) is 5.68. The van der Waals surface area contributed by atoms with Gasteiger partial charge in [0.05, 0.1) is 6.61 Å². The molecule has 1 aromatic carbocycles. The standard InChI is InChI=1S/C21H27N5O3/c1-15-23-24-19-8-7-17(13-26(15)19)16-4-2-5-18(12-16)22-20(27)14-29-11-10-25-9-3-6-21(25)28/h2,4-5,12,17H,3,6-11,13-14H2,1H3,(H,22,27)/t17-/m0/s1. The van der Waals surface area contributed by atoms with Crippen molar-refractivity contribution in [2.45, 2.75) is 45.1 Å². The summed E-state index contributed by atoms with van der Waals surface area (Å²) in [5, 5.41) is 11.3. The Morgan fingerprint density at radius 2 is 2.21 bits per heavy atom. The molecule has 0 radical (unpaired) electrons. The van der Waals surface area contributed by atoms with Gasteiger partial charge in [-0.3, -0.25) is 9.59 Å². The number of anilines is 1. The molecular weight excluding hydrogens is 370 g/mol. The number of aryl methyl sites for hydroxylation is 2. The highest BCUT2D eigenvalue weighted by Gasteiger charge is 2.23. The topological polar surface area (TPSA) is 89.3 Å². The summed E-state index contributed by atoms with van der Waals surface area (Å²) in [6, 6.07) is 8.01. The molecule has 0 aliphatic carbocycles. The van der Waals surface area contributed by atoms with Crippen LogP contribution in [-0.4, -0.2) is 57.8 Å². The average molecular weight is 397 g/mol. The van der Waals surface area contributed by atoms with Crippen molar-refractivity contribution < 1.29 is 14.3 Å². The molecule has 1 saturated heterocycles. The van der Waals surface area contributed by atoms with Gasteiger partial charge in [-0.15, -0.1) is 10.2 Å². The molecule has 0 bridgehead atoms. The van der Waals surface area contributed by atoms with E-state index in [-0.39, 0.29) is 18.4 Å². The van der Waals surface area contributed by atoms with E-state index in [2.05, 4.69) is 26.1 Å². The fraction of sp³-hybridized carbons (Fsp3) is 0.524. The third kappa shape index (κ3) is 4.64. The summed E-state index contributed by atoms with van der Waals surface area (Å²) < 4.78 is 7.62.